The molecule has 1 amide bonds. The van der Waals surface area contributed by atoms with E-state index in [1.165, 1.54) is 6.42 Å². The van der Waals surface area contributed by atoms with Gasteiger partial charge in [-0.15, -0.1) is 0 Å². The number of methoxy groups -OCH3 is 1. The zero-order valence-electron chi connectivity index (χ0n) is 11.9. The molecule has 1 saturated heterocycles. The number of nitrogens with zero attached hydrogens (tertiary/aromatic N) is 1. The predicted octanol–water partition coefficient (Wildman–Crippen LogP) is 3.10. The predicted molar refractivity (Wildman–Crippen MR) is 76.1 cm³/mol. The average molecular weight is 261 g/mol. The number of hydrogen-bond donors (Lipinski definition) is 0. The number of ether oxygens (including phenoxy) is 1. The number of hydrogen-bond acceptors (Lipinski definition) is 2. The molecule has 3 heteroatoms. The lowest BCUT2D eigenvalue weighted by Gasteiger charge is -2.20. The first-order valence-electron chi connectivity index (χ1n) is 7.08. The van der Waals surface area contributed by atoms with Gasteiger partial charge in [0.1, 0.15) is 0 Å². The number of benzene rings is 1. The van der Waals surface area contributed by atoms with Crippen LogP contribution in [0.4, 0.5) is 0 Å². The van der Waals surface area contributed by atoms with Gasteiger partial charge in [-0.1, -0.05) is 19.1 Å². The van der Waals surface area contributed by atoms with Gasteiger partial charge in [0.2, 0.25) is 0 Å². The van der Waals surface area contributed by atoms with Crippen LogP contribution in [0, 0.1) is 5.92 Å². The third-order valence-electron chi connectivity index (χ3n) is 3.82. The minimum atomic E-state index is 0.165. The first kappa shape index (κ1) is 14.1. The second-order valence-corrected chi connectivity index (χ2v) is 5.46. The van der Waals surface area contributed by atoms with Crippen molar-refractivity contribution in [1.82, 2.24) is 4.90 Å². The fraction of sp³-hybridized carbons (Fsp3) is 0.562. The molecule has 0 aromatic heterocycles. The largest absolute Gasteiger partial charge is 0.380 e. The van der Waals surface area contributed by atoms with Crippen LogP contribution in [-0.2, 0) is 11.3 Å². The second-order valence-electron chi connectivity index (χ2n) is 5.46. The van der Waals surface area contributed by atoms with Gasteiger partial charge in [0.15, 0.2) is 0 Å². The Kier molecular flexibility index (Phi) is 4.97. The maximum Gasteiger partial charge on any atom is 0.253 e. The van der Waals surface area contributed by atoms with Crippen molar-refractivity contribution in [2.45, 2.75) is 32.8 Å². The molecule has 0 bridgehead atoms. The molecule has 0 radical (unpaired) electrons. The molecule has 104 valence electrons. The van der Waals surface area contributed by atoms with Crippen LogP contribution in [0.15, 0.2) is 24.3 Å². The summed E-state index contributed by atoms with van der Waals surface area (Å²) in [6.45, 7) is 4.64. The number of carbonyl (C=O) groups excluding carboxylic acids is 1. The quantitative estimate of drug-likeness (QED) is 0.836. The zero-order chi connectivity index (χ0) is 13.7. The van der Waals surface area contributed by atoms with E-state index in [2.05, 4.69) is 6.92 Å². The molecule has 1 aromatic carbocycles. The van der Waals surface area contributed by atoms with Gasteiger partial charge < -0.3 is 9.64 Å². The van der Waals surface area contributed by atoms with E-state index in [1.807, 2.05) is 29.2 Å². The van der Waals surface area contributed by atoms with E-state index < -0.39 is 0 Å². The lowest BCUT2D eigenvalue weighted by molar-refractivity contribution is 0.0760. The van der Waals surface area contributed by atoms with Crippen molar-refractivity contribution in [3.8, 4) is 0 Å². The van der Waals surface area contributed by atoms with Crippen molar-refractivity contribution in [2.24, 2.45) is 5.92 Å². The second kappa shape index (κ2) is 6.71. The van der Waals surface area contributed by atoms with Gasteiger partial charge in [-0.2, -0.15) is 0 Å². The summed E-state index contributed by atoms with van der Waals surface area (Å²) in [6.07, 6.45) is 3.47. The summed E-state index contributed by atoms with van der Waals surface area (Å²) >= 11 is 0. The normalized spacial score (nSPS) is 20.1. The van der Waals surface area contributed by atoms with E-state index in [0.717, 1.165) is 43.0 Å². The Labute approximate surface area is 115 Å². The number of carbonyl (C=O) groups is 1. The van der Waals surface area contributed by atoms with Crippen molar-refractivity contribution in [3.05, 3.63) is 35.4 Å². The molecule has 1 aliphatic heterocycles. The third kappa shape index (κ3) is 3.80. The summed E-state index contributed by atoms with van der Waals surface area (Å²) in [5.74, 6) is 0.903. The van der Waals surface area contributed by atoms with E-state index in [0.29, 0.717) is 6.61 Å². The van der Waals surface area contributed by atoms with Gasteiger partial charge >= 0.3 is 0 Å². The lowest BCUT2D eigenvalue weighted by Crippen LogP contribution is -2.31. The van der Waals surface area contributed by atoms with Gasteiger partial charge in [-0.05, 0) is 42.9 Å². The number of amides is 1. The Morgan fingerprint density at radius 2 is 2.00 bits per heavy atom. The van der Waals surface area contributed by atoms with Crippen LogP contribution in [0.2, 0.25) is 0 Å². The summed E-state index contributed by atoms with van der Waals surface area (Å²) in [4.78, 5) is 14.4. The Morgan fingerprint density at radius 3 is 2.68 bits per heavy atom. The molecule has 19 heavy (non-hydrogen) atoms. The molecular formula is C16H23NO2. The Hall–Kier alpha value is -1.35. The van der Waals surface area contributed by atoms with Crippen LogP contribution in [0.5, 0.6) is 0 Å². The minimum Gasteiger partial charge on any atom is -0.380 e. The molecule has 1 fully saturated rings. The molecule has 1 aliphatic rings. The van der Waals surface area contributed by atoms with E-state index in [-0.39, 0.29) is 5.91 Å². The fourth-order valence-electron chi connectivity index (χ4n) is 2.56. The highest BCUT2D eigenvalue weighted by Gasteiger charge is 2.19. The van der Waals surface area contributed by atoms with Crippen LogP contribution < -0.4 is 0 Å². The van der Waals surface area contributed by atoms with Crippen molar-refractivity contribution in [1.29, 1.82) is 0 Å². The first-order chi connectivity index (χ1) is 9.20. The van der Waals surface area contributed by atoms with Gasteiger partial charge in [-0.25, -0.2) is 0 Å². The topological polar surface area (TPSA) is 29.5 Å². The molecule has 1 aromatic rings. The summed E-state index contributed by atoms with van der Waals surface area (Å²) in [5.41, 5.74) is 1.89. The van der Waals surface area contributed by atoms with E-state index in [9.17, 15) is 4.79 Å². The van der Waals surface area contributed by atoms with Gasteiger partial charge in [-0.3, -0.25) is 4.79 Å². The number of likely N-dealkylation sites (tertiary alicyclic amines) is 1. The van der Waals surface area contributed by atoms with Crippen LogP contribution >= 0.6 is 0 Å². The highest BCUT2D eigenvalue weighted by atomic mass is 16.5. The van der Waals surface area contributed by atoms with E-state index >= 15 is 0 Å². The Morgan fingerprint density at radius 1 is 1.26 bits per heavy atom. The molecule has 0 spiro atoms. The van der Waals surface area contributed by atoms with Crippen LogP contribution in [0.1, 0.15) is 42.1 Å². The Balaban J connectivity index is 2.02. The summed E-state index contributed by atoms with van der Waals surface area (Å²) in [6, 6.07) is 7.75. The molecule has 0 N–H and O–H groups in total. The number of rotatable bonds is 3. The van der Waals surface area contributed by atoms with Crippen molar-refractivity contribution >= 4 is 5.91 Å². The SMILES string of the molecule is COCc1ccc(C(=O)N2CCCC(C)CC2)cc1. The third-order valence-corrected chi connectivity index (χ3v) is 3.82. The minimum absolute atomic E-state index is 0.165. The average Bonchev–Trinajstić information content (AvgIpc) is 2.64. The summed E-state index contributed by atoms with van der Waals surface area (Å²) in [7, 11) is 1.68. The maximum absolute atomic E-state index is 12.4. The lowest BCUT2D eigenvalue weighted by atomic mass is 10.0. The maximum atomic E-state index is 12.4. The van der Waals surface area contributed by atoms with Crippen molar-refractivity contribution < 1.29 is 9.53 Å². The molecule has 2 rings (SSSR count). The van der Waals surface area contributed by atoms with Crippen LogP contribution in [-0.4, -0.2) is 31.0 Å². The molecule has 1 unspecified atom stereocenters. The zero-order valence-corrected chi connectivity index (χ0v) is 11.9. The Bertz CT molecular complexity index is 413. The molecule has 0 aliphatic carbocycles. The fourth-order valence-corrected chi connectivity index (χ4v) is 2.56. The molecular weight excluding hydrogens is 238 g/mol. The van der Waals surface area contributed by atoms with Gasteiger partial charge in [0, 0.05) is 25.8 Å². The van der Waals surface area contributed by atoms with Gasteiger partial charge in [0.25, 0.3) is 5.91 Å². The monoisotopic (exact) mass is 261 g/mol. The molecule has 1 heterocycles. The van der Waals surface area contributed by atoms with Crippen LogP contribution in [0.25, 0.3) is 0 Å². The summed E-state index contributed by atoms with van der Waals surface area (Å²) in [5, 5.41) is 0. The highest BCUT2D eigenvalue weighted by Crippen LogP contribution is 2.18. The van der Waals surface area contributed by atoms with E-state index in [1.54, 1.807) is 7.11 Å². The standard InChI is InChI=1S/C16H23NO2/c1-13-4-3-10-17(11-9-13)16(18)15-7-5-14(6-8-15)12-19-2/h5-8,13H,3-4,9-12H2,1-2H3. The molecule has 0 saturated carbocycles. The highest BCUT2D eigenvalue weighted by molar-refractivity contribution is 5.94. The molecule has 3 nitrogen and oxygen atoms in total. The molecule has 1 atom stereocenters. The van der Waals surface area contributed by atoms with Gasteiger partial charge in [0.05, 0.1) is 6.61 Å². The first-order valence-corrected chi connectivity index (χ1v) is 7.08. The van der Waals surface area contributed by atoms with Crippen molar-refractivity contribution in [2.75, 3.05) is 20.2 Å². The summed E-state index contributed by atoms with van der Waals surface area (Å²) < 4.78 is 5.08. The van der Waals surface area contributed by atoms with Crippen molar-refractivity contribution in [3.63, 3.8) is 0 Å². The smallest absolute Gasteiger partial charge is 0.253 e. The van der Waals surface area contributed by atoms with E-state index in [4.69, 9.17) is 4.74 Å². The van der Waals surface area contributed by atoms with Crippen LogP contribution in [0.3, 0.4) is 0 Å².